The molecule has 4 heteroatoms. The second kappa shape index (κ2) is 8.13. The van der Waals surface area contributed by atoms with Crippen molar-refractivity contribution < 1.29 is 18.7 Å². The van der Waals surface area contributed by atoms with Crippen molar-refractivity contribution in [3.8, 4) is 0 Å². The van der Waals surface area contributed by atoms with Gasteiger partial charge in [-0.2, -0.15) is 0 Å². The lowest BCUT2D eigenvalue weighted by Crippen LogP contribution is -2.07. The highest BCUT2D eigenvalue weighted by molar-refractivity contribution is 5.89. The monoisotopic (exact) mass is 294 g/mol. The molecule has 0 N–H and O–H groups in total. The number of halogens is 1. The Hall–Kier alpha value is -1.42. The van der Waals surface area contributed by atoms with Crippen LogP contribution in [0.3, 0.4) is 0 Å². The summed E-state index contributed by atoms with van der Waals surface area (Å²) in [7, 11) is 1.69. The van der Waals surface area contributed by atoms with E-state index in [2.05, 4.69) is 0 Å². The van der Waals surface area contributed by atoms with Crippen LogP contribution in [0, 0.1) is 5.82 Å². The van der Waals surface area contributed by atoms with Crippen LogP contribution in [-0.4, -0.2) is 26.3 Å². The Kier molecular flexibility index (Phi) is 6.18. The normalized spacial score (nSPS) is 14.2. The van der Waals surface area contributed by atoms with E-state index in [1.165, 1.54) is 6.07 Å². The fourth-order valence-corrected chi connectivity index (χ4v) is 2.33. The average Bonchev–Trinajstić information content (AvgIpc) is 3.30. The molecule has 1 saturated carbocycles. The second-order valence-corrected chi connectivity index (χ2v) is 5.55. The highest BCUT2D eigenvalue weighted by atomic mass is 19.1. The first-order valence-electron chi connectivity index (χ1n) is 7.68. The number of rotatable bonds is 9. The molecule has 1 aliphatic rings. The summed E-state index contributed by atoms with van der Waals surface area (Å²) in [5, 5.41) is 0. The van der Waals surface area contributed by atoms with Gasteiger partial charge >= 0.3 is 5.97 Å². The van der Waals surface area contributed by atoms with Gasteiger partial charge in [0.1, 0.15) is 5.82 Å². The van der Waals surface area contributed by atoms with Crippen molar-refractivity contribution in [3.05, 3.63) is 35.1 Å². The molecule has 1 aromatic rings. The first-order valence-corrected chi connectivity index (χ1v) is 7.68. The van der Waals surface area contributed by atoms with Gasteiger partial charge in [0.2, 0.25) is 0 Å². The molecule has 1 fully saturated rings. The largest absolute Gasteiger partial charge is 0.462 e. The van der Waals surface area contributed by atoms with Gasteiger partial charge in [-0.3, -0.25) is 0 Å². The summed E-state index contributed by atoms with van der Waals surface area (Å²) in [5.74, 6) is -0.373. The molecule has 2 rings (SSSR count). The van der Waals surface area contributed by atoms with Crippen LogP contribution in [0.15, 0.2) is 18.2 Å². The minimum atomic E-state index is -0.437. The molecular weight excluding hydrogens is 271 g/mol. The zero-order valence-corrected chi connectivity index (χ0v) is 12.6. The van der Waals surface area contributed by atoms with E-state index in [0.29, 0.717) is 18.1 Å². The Bertz CT molecular complexity index is 469. The van der Waals surface area contributed by atoms with Gasteiger partial charge in [-0.15, -0.1) is 0 Å². The van der Waals surface area contributed by atoms with E-state index in [-0.39, 0.29) is 5.82 Å². The lowest BCUT2D eigenvalue weighted by molar-refractivity contribution is 0.0496. The van der Waals surface area contributed by atoms with Crippen LogP contribution >= 0.6 is 0 Å². The first-order chi connectivity index (χ1) is 10.2. The van der Waals surface area contributed by atoms with Gasteiger partial charge in [0, 0.05) is 13.7 Å². The fraction of sp³-hybridized carbons (Fsp3) is 0.588. The smallest absolute Gasteiger partial charge is 0.338 e. The molecular formula is C17H23FO3. The molecule has 116 valence electrons. The summed E-state index contributed by atoms with van der Waals surface area (Å²) >= 11 is 0. The summed E-state index contributed by atoms with van der Waals surface area (Å²) in [6, 6.07) is 4.68. The van der Waals surface area contributed by atoms with E-state index < -0.39 is 5.97 Å². The van der Waals surface area contributed by atoms with Gasteiger partial charge in [-0.1, -0.05) is 12.5 Å². The van der Waals surface area contributed by atoms with E-state index in [1.807, 2.05) is 0 Å². The number of carbonyl (C=O) groups excluding carboxylic acids is 1. The summed E-state index contributed by atoms with van der Waals surface area (Å²) in [5.41, 5.74) is 1.03. The number of hydrogen-bond acceptors (Lipinski definition) is 3. The Morgan fingerprint density at radius 1 is 1.19 bits per heavy atom. The van der Waals surface area contributed by atoms with Crippen LogP contribution in [0.4, 0.5) is 4.39 Å². The SMILES string of the molecule is COCCCCCCOC(=O)c1ccc(C2CC2)c(F)c1. The molecule has 1 aromatic carbocycles. The molecule has 1 aliphatic carbocycles. The van der Waals surface area contributed by atoms with Gasteiger partial charge in [0.05, 0.1) is 12.2 Å². The number of ether oxygens (including phenoxy) is 2. The van der Waals surface area contributed by atoms with E-state index in [9.17, 15) is 9.18 Å². The quantitative estimate of drug-likeness (QED) is 0.509. The minimum absolute atomic E-state index is 0.286. The van der Waals surface area contributed by atoms with Crippen LogP contribution < -0.4 is 0 Å². The number of methoxy groups -OCH3 is 1. The maximum Gasteiger partial charge on any atom is 0.338 e. The Labute approximate surface area is 125 Å². The van der Waals surface area contributed by atoms with E-state index in [4.69, 9.17) is 9.47 Å². The molecule has 0 aromatic heterocycles. The highest BCUT2D eigenvalue weighted by Gasteiger charge is 2.26. The van der Waals surface area contributed by atoms with E-state index in [0.717, 1.165) is 50.7 Å². The zero-order chi connectivity index (χ0) is 15.1. The molecule has 3 nitrogen and oxygen atoms in total. The zero-order valence-electron chi connectivity index (χ0n) is 12.6. The molecule has 0 radical (unpaired) electrons. The highest BCUT2D eigenvalue weighted by Crippen LogP contribution is 2.41. The fourth-order valence-electron chi connectivity index (χ4n) is 2.33. The first kappa shape index (κ1) is 16.0. The average molecular weight is 294 g/mol. The van der Waals surface area contributed by atoms with Gasteiger partial charge in [-0.25, -0.2) is 9.18 Å². The number of benzene rings is 1. The number of unbranched alkanes of at least 4 members (excludes halogenated alkanes) is 3. The second-order valence-electron chi connectivity index (χ2n) is 5.55. The maximum absolute atomic E-state index is 13.8. The molecule has 0 bridgehead atoms. The van der Waals surface area contributed by atoms with Crippen molar-refractivity contribution in [1.82, 2.24) is 0 Å². The minimum Gasteiger partial charge on any atom is -0.462 e. The van der Waals surface area contributed by atoms with Crippen molar-refractivity contribution in [1.29, 1.82) is 0 Å². The molecule has 21 heavy (non-hydrogen) atoms. The molecule has 0 unspecified atom stereocenters. The summed E-state index contributed by atoms with van der Waals surface area (Å²) in [6.07, 6.45) is 6.02. The van der Waals surface area contributed by atoms with Crippen molar-refractivity contribution in [2.75, 3.05) is 20.3 Å². The van der Waals surface area contributed by atoms with Crippen molar-refractivity contribution in [3.63, 3.8) is 0 Å². The summed E-state index contributed by atoms with van der Waals surface area (Å²) < 4.78 is 24.0. The van der Waals surface area contributed by atoms with Crippen molar-refractivity contribution in [2.24, 2.45) is 0 Å². The number of carbonyl (C=O) groups is 1. The van der Waals surface area contributed by atoms with E-state index in [1.54, 1.807) is 19.2 Å². The van der Waals surface area contributed by atoms with Gasteiger partial charge in [0.15, 0.2) is 0 Å². The molecule has 0 heterocycles. The van der Waals surface area contributed by atoms with Gasteiger partial charge in [-0.05, 0) is 55.7 Å². The van der Waals surface area contributed by atoms with Gasteiger partial charge in [0.25, 0.3) is 0 Å². The van der Waals surface area contributed by atoms with Crippen molar-refractivity contribution in [2.45, 2.75) is 44.4 Å². The van der Waals surface area contributed by atoms with E-state index >= 15 is 0 Å². The Balaban J connectivity index is 1.69. The van der Waals surface area contributed by atoms with Crippen LogP contribution in [0.5, 0.6) is 0 Å². The molecule has 0 saturated heterocycles. The molecule has 0 aliphatic heterocycles. The Morgan fingerprint density at radius 2 is 1.90 bits per heavy atom. The standard InChI is InChI=1S/C17H23FO3/c1-20-10-4-2-3-5-11-21-17(19)14-8-9-15(13-6-7-13)16(18)12-14/h8-9,12-13H,2-7,10-11H2,1H3. The number of esters is 1. The van der Waals surface area contributed by atoms with Crippen LogP contribution in [-0.2, 0) is 9.47 Å². The van der Waals surface area contributed by atoms with Crippen LogP contribution in [0.2, 0.25) is 0 Å². The van der Waals surface area contributed by atoms with Crippen LogP contribution in [0.25, 0.3) is 0 Å². The van der Waals surface area contributed by atoms with Gasteiger partial charge < -0.3 is 9.47 Å². The topological polar surface area (TPSA) is 35.5 Å². The molecule has 0 spiro atoms. The summed E-state index contributed by atoms with van der Waals surface area (Å²) in [6.45, 7) is 1.16. The lowest BCUT2D eigenvalue weighted by Gasteiger charge is -2.07. The molecule has 0 atom stereocenters. The van der Waals surface area contributed by atoms with Crippen LogP contribution in [0.1, 0.15) is 60.4 Å². The molecule has 0 amide bonds. The third-order valence-corrected chi connectivity index (χ3v) is 3.73. The predicted octanol–water partition coefficient (Wildman–Crippen LogP) is 4.07. The third kappa shape index (κ3) is 5.12. The summed E-state index contributed by atoms with van der Waals surface area (Å²) in [4.78, 5) is 11.8. The third-order valence-electron chi connectivity index (χ3n) is 3.73. The maximum atomic E-state index is 13.8. The Morgan fingerprint density at radius 3 is 2.52 bits per heavy atom. The number of hydrogen-bond donors (Lipinski definition) is 0. The van der Waals surface area contributed by atoms with Crippen molar-refractivity contribution >= 4 is 5.97 Å². The predicted molar refractivity (Wildman–Crippen MR) is 79.0 cm³/mol. The lowest BCUT2D eigenvalue weighted by atomic mass is 10.1.